The first-order valence-electron chi connectivity index (χ1n) is 9.64. The third kappa shape index (κ3) is 4.88. The number of anilines is 1. The van der Waals surface area contributed by atoms with E-state index < -0.39 is 0 Å². The van der Waals surface area contributed by atoms with Crippen molar-refractivity contribution < 1.29 is 9.59 Å². The van der Waals surface area contributed by atoms with Gasteiger partial charge in [-0.3, -0.25) is 4.79 Å². The van der Waals surface area contributed by atoms with Crippen molar-refractivity contribution in [1.29, 1.82) is 0 Å². The zero-order valence-electron chi connectivity index (χ0n) is 15.9. The van der Waals surface area contributed by atoms with Gasteiger partial charge < -0.3 is 15.5 Å². The molecule has 1 aliphatic rings. The van der Waals surface area contributed by atoms with E-state index in [1.807, 2.05) is 32.0 Å². The number of benzene rings is 2. The fourth-order valence-electron chi connectivity index (χ4n) is 3.26. The number of carbonyl (C=O) groups excluding carboxylic acids is 2. The van der Waals surface area contributed by atoms with Crippen LogP contribution >= 0.6 is 0 Å². The highest BCUT2D eigenvalue weighted by Crippen LogP contribution is 2.40. The minimum atomic E-state index is -0.224. The Balaban J connectivity index is 1.61. The van der Waals surface area contributed by atoms with Gasteiger partial charge in [-0.2, -0.15) is 0 Å². The van der Waals surface area contributed by atoms with Gasteiger partial charge in [-0.05, 0) is 62.4 Å². The molecular formula is C22H27N3O2. The van der Waals surface area contributed by atoms with Crippen molar-refractivity contribution in [1.82, 2.24) is 10.2 Å². The molecule has 1 fully saturated rings. The third-order valence-electron chi connectivity index (χ3n) is 4.98. The van der Waals surface area contributed by atoms with E-state index in [2.05, 4.69) is 22.8 Å². The van der Waals surface area contributed by atoms with Crippen LogP contribution in [0.25, 0.3) is 0 Å². The van der Waals surface area contributed by atoms with E-state index in [0.717, 1.165) is 18.4 Å². The average molecular weight is 365 g/mol. The molecule has 0 saturated heterocycles. The lowest BCUT2D eigenvalue weighted by atomic mass is 10.0. The number of urea groups is 1. The molecular weight excluding hydrogens is 338 g/mol. The van der Waals surface area contributed by atoms with Crippen LogP contribution in [0.3, 0.4) is 0 Å². The topological polar surface area (TPSA) is 61.4 Å². The van der Waals surface area contributed by atoms with E-state index in [1.54, 1.807) is 29.2 Å². The number of rotatable bonds is 7. The second kappa shape index (κ2) is 8.71. The molecule has 3 rings (SSSR count). The van der Waals surface area contributed by atoms with E-state index in [0.29, 0.717) is 30.3 Å². The molecule has 1 unspecified atom stereocenters. The molecule has 0 spiro atoms. The Morgan fingerprint density at radius 1 is 1.00 bits per heavy atom. The van der Waals surface area contributed by atoms with Crippen molar-refractivity contribution in [3.05, 3.63) is 65.7 Å². The van der Waals surface area contributed by atoms with Crippen LogP contribution in [-0.4, -0.2) is 29.9 Å². The van der Waals surface area contributed by atoms with Gasteiger partial charge >= 0.3 is 6.03 Å². The minimum absolute atomic E-state index is 0.00822. The fourth-order valence-corrected chi connectivity index (χ4v) is 3.26. The van der Waals surface area contributed by atoms with Crippen LogP contribution in [0.5, 0.6) is 0 Å². The van der Waals surface area contributed by atoms with Crippen molar-refractivity contribution in [2.75, 3.05) is 18.4 Å². The van der Waals surface area contributed by atoms with Crippen molar-refractivity contribution >= 4 is 17.6 Å². The van der Waals surface area contributed by atoms with Gasteiger partial charge in [-0.1, -0.05) is 30.3 Å². The molecule has 1 saturated carbocycles. The molecule has 1 atom stereocenters. The molecule has 5 heteroatoms. The first kappa shape index (κ1) is 19.0. The summed E-state index contributed by atoms with van der Waals surface area (Å²) in [7, 11) is 0. The summed E-state index contributed by atoms with van der Waals surface area (Å²) in [5, 5.41) is 5.97. The highest BCUT2D eigenvalue weighted by Gasteiger charge is 2.33. The van der Waals surface area contributed by atoms with Crippen LogP contribution in [0.4, 0.5) is 10.5 Å². The largest absolute Gasteiger partial charge is 0.339 e. The highest BCUT2D eigenvalue weighted by atomic mass is 16.2. The predicted molar refractivity (Wildman–Crippen MR) is 108 cm³/mol. The van der Waals surface area contributed by atoms with Gasteiger partial charge in [0.1, 0.15) is 0 Å². The standard InChI is InChI=1S/C22H27N3O2/c1-3-25(4-2)21(26)18-12-14-19(15-13-18)23-22(27)24-20(17-10-11-17)16-8-6-5-7-9-16/h5-9,12-15,17,20H,3-4,10-11H2,1-2H3,(H2,23,24,27). The predicted octanol–water partition coefficient (Wildman–Crippen LogP) is 4.44. The molecule has 2 aromatic rings. The molecule has 3 amide bonds. The van der Waals surface area contributed by atoms with Crippen LogP contribution in [0, 0.1) is 5.92 Å². The summed E-state index contributed by atoms with van der Waals surface area (Å²) < 4.78 is 0. The Morgan fingerprint density at radius 3 is 2.19 bits per heavy atom. The SMILES string of the molecule is CCN(CC)C(=O)c1ccc(NC(=O)NC(c2ccccc2)C2CC2)cc1. The fraction of sp³-hybridized carbons (Fsp3) is 0.364. The van der Waals surface area contributed by atoms with Crippen LogP contribution in [0.1, 0.15) is 48.7 Å². The molecule has 0 bridgehead atoms. The van der Waals surface area contributed by atoms with Gasteiger partial charge in [0.25, 0.3) is 5.91 Å². The molecule has 0 heterocycles. The third-order valence-corrected chi connectivity index (χ3v) is 4.98. The van der Waals surface area contributed by atoms with Crippen molar-refractivity contribution in [2.45, 2.75) is 32.7 Å². The zero-order chi connectivity index (χ0) is 19.2. The Labute approximate surface area is 160 Å². The van der Waals surface area contributed by atoms with Crippen LogP contribution in [-0.2, 0) is 0 Å². The van der Waals surface area contributed by atoms with Gasteiger partial charge in [-0.15, -0.1) is 0 Å². The van der Waals surface area contributed by atoms with Crippen molar-refractivity contribution in [2.24, 2.45) is 5.92 Å². The van der Waals surface area contributed by atoms with Gasteiger partial charge in [0.2, 0.25) is 0 Å². The summed E-state index contributed by atoms with van der Waals surface area (Å²) in [4.78, 5) is 26.6. The normalized spacial score (nSPS) is 14.3. The smallest absolute Gasteiger partial charge is 0.319 e. The summed E-state index contributed by atoms with van der Waals surface area (Å²) in [5.74, 6) is 0.515. The van der Waals surface area contributed by atoms with E-state index >= 15 is 0 Å². The number of nitrogens with zero attached hydrogens (tertiary/aromatic N) is 1. The first-order chi connectivity index (χ1) is 13.1. The molecule has 2 N–H and O–H groups in total. The molecule has 1 aliphatic carbocycles. The molecule has 0 aromatic heterocycles. The van der Waals surface area contributed by atoms with Gasteiger partial charge in [0.15, 0.2) is 0 Å². The van der Waals surface area contributed by atoms with Gasteiger partial charge in [-0.25, -0.2) is 4.79 Å². The molecule has 0 aliphatic heterocycles. The summed E-state index contributed by atoms with van der Waals surface area (Å²) in [6.07, 6.45) is 2.28. The lowest BCUT2D eigenvalue weighted by molar-refractivity contribution is 0.0773. The molecule has 142 valence electrons. The van der Waals surface area contributed by atoms with E-state index in [9.17, 15) is 9.59 Å². The Bertz CT molecular complexity index is 766. The molecule has 2 aromatic carbocycles. The van der Waals surface area contributed by atoms with E-state index in [4.69, 9.17) is 0 Å². The van der Waals surface area contributed by atoms with Crippen molar-refractivity contribution in [3.63, 3.8) is 0 Å². The summed E-state index contributed by atoms with van der Waals surface area (Å²) in [5.41, 5.74) is 2.44. The van der Waals surface area contributed by atoms with Crippen LogP contribution in [0.15, 0.2) is 54.6 Å². The second-order valence-corrected chi connectivity index (χ2v) is 6.88. The number of amides is 3. The number of hydrogen-bond acceptors (Lipinski definition) is 2. The first-order valence-corrected chi connectivity index (χ1v) is 9.64. The minimum Gasteiger partial charge on any atom is -0.339 e. The second-order valence-electron chi connectivity index (χ2n) is 6.88. The monoisotopic (exact) mass is 365 g/mol. The average Bonchev–Trinajstić information content (AvgIpc) is 3.53. The molecule has 27 heavy (non-hydrogen) atoms. The van der Waals surface area contributed by atoms with E-state index in [1.165, 1.54) is 0 Å². The van der Waals surface area contributed by atoms with Crippen molar-refractivity contribution in [3.8, 4) is 0 Å². The lowest BCUT2D eigenvalue weighted by Crippen LogP contribution is -2.33. The lowest BCUT2D eigenvalue weighted by Gasteiger charge is -2.20. The maximum atomic E-state index is 12.5. The molecule has 5 nitrogen and oxygen atoms in total. The summed E-state index contributed by atoms with van der Waals surface area (Å²) >= 11 is 0. The highest BCUT2D eigenvalue weighted by molar-refractivity contribution is 5.95. The summed E-state index contributed by atoms with van der Waals surface area (Å²) in [6, 6.07) is 16.9. The van der Waals surface area contributed by atoms with Crippen LogP contribution in [0.2, 0.25) is 0 Å². The van der Waals surface area contributed by atoms with Gasteiger partial charge in [0.05, 0.1) is 6.04 Å². The summed E-state index contributed by atoms with van der Waals surface area (Å²) in [6.45, 7) is 5.29. The maximum Gasteiger partial charge on any atom is 0.319 e. The van der Waals surface area contributed by atoms with E-state index in [-0.39, 0.29) is 18.0 Å². The molecule has 0 radical (unpaired) electrons. The van der Waals surface area contributed by atoms with Gasteiger partial charge in [0, 0.05) is 24.3 Å². The maximum absolute atomic E-state index is 12.5. The number of carbonyl (C=O) groups is 2. The Hall–Kier alpha value is -2.82. The number of hydrogen-bond donors (Lipinski definition) is 2. The Kier molecular flexibility index (Phi) is 6.12. The Morgan fingerprint density at radius 2 is 1.63 bits per heavy atom. The number of nitrogens with one attached hydrogen (secondary N) is 2. The zero-order valence-corrected chi connectivity index (χ0v) is 15.9. The van der Waals surface area contributed by atoms with Crippen LogP contribution < -0.4 is 10.6 Å². The quantitative estimate of drug-likeness (QED) is 0.762.